The summed E-state index contributed by atoms with van der Waals surface area (Å²) in [6.45, 7) is -2.76. The van der Waals surface area contributed by atoms with Crippen molar-refractivity contribution in [3.8, 4) is 28.6 Å². The van der Waals surface area contributed by atoms with Gasteiger partial charge in [0.2, 0.25) is 12.7 Å². The van der Waals surface area contributed by atoms with Crippen molar-refractivity contribution < 1.29 is 32.3 Å². The standard InChI is InChI=1S/C21H16F2N2O5/c22-20(23)29-14-3-1-2-13(9-14)24-19(26)21(6-7-21)18-10-16(30-25-18)12-4-5-15-17(8-12)28-11-27-15/h1-5,8-10,20H,6-7,11H2,(H,24,26). The molecule has 0 spiro atoms. The van der Waals surface area contributed by atoms with E-state index in [2.05, 4.69) is 15.2 Å². The molecule has 1 fully saturated rings. The minimum atomic E-state index is -2.93. The van der Waals surface area contributed by atoms with Gasteiger partial charge in [0, 0.05) is 23.4 Å². The van der Waals surface area contributed by atoms with Crippen molar-refractivity contribution >= 4 is 11.6 Å². The molecule has 1 N–H and O–H groups in total. The topological polar surface area (TPSA) is 82.8 Å². The number of halogens is 2. The smallest absolute Gasteiger partial charge is 0.387 e. The van der Waals surface area contributed by atoms with Crippen LogP contribution in [-0.4, -0.2) is 24.5 Å². The van der Waals surface area contributed by atoms with Crippen LogP contribution in [0, 0.1) is 0 Å². The molecule has 1 aromatic heterocycles. The lowest BCUT2D eigenvalue weighted by Crippen LogP contribution is -2.28. The molecule has 2 aliphatic rings. The third kappa shape index (κ3) is 3.32. The molecule has 2 aromatic carbocycles. The van der Waals surface area contributed by atoms with Gasteiger partial charge in [-0.1, -0.05) is 11.2 Å². The number of benzene rings is 2. The first kappa shape index (κ1) is 18.4. The van der Waals surface area contributed by atoms with Crippen molar-refractivity contribution in [3.05, 3.63) is 54.2 Å². The maximum Gasteiger partial charge on any atom is 0.387 e. The molecule has 1 amide bonds. The van der Waals surface area contributed by atoms with Gasteiger partial charge in [0.15, 0.2) is 17.3 Å². The zero-order valence-corrected chi connectivity index (χ0v) is 15.6. The monoisotopic (exact) mass is 414 g/mol. The van der Waals surface area contributed by atoms with Gasteiger partial charge in [0.1, 0.15) is 5.75 Å². The Labute approximate surface area is 169 Å². The Morgan fingerprint density at radius 3 is 2.73 bits per heavy atom. The molecule has 3 aromatic rings. The second-order valence-corrected chi connectivity index (χ2v) is 7.09. The maximum absolute atomic E-state index is 12.9. The lowest BCUT2D eigenvalue weighted by Gasteiger charge is -2.13. The lowest BCUT2D eigenvalue weighted by atomic mass is 10.00. The predicted octanol–water partition coefficient (Wildman–Crippen LogP) is 4.34. The van der Waals surface area contributed by atoms with E-state index < -0.39 is 12.0 Å². The molecule has 1 aliphatic heterocycles. The highest BCUT2D eigenvalue weighted by Gasteiger charge is 2.53. The average Bonchev–Trinajstić information content (AvgIpc) is 3.16. The van der Waals surface area contributed by atoms with Crippen LogP contribution < -0.4 is 19.5 Å². The number of hydrogen-bond acceptors (Lipinski definition) is 6. The Hall–Kier alpha value is -3.62. The van der Waals surface area contributed by atoms with Crippen molar-refractivity contribution in [2.75, 3.05) is 12.1 Å². The van der Waals surface area contributed by atoms with Crippen molar-refractivity contribution in [2.45, 2.75) is 24.9 Å². The van der Waals surface area contributed by atoms with Gasteiger partial charge in [-0.3, -0.25) is 4.79 Å². The van der Waals surface area contributed by atoms with Crippen molar-refractivity contribution in [1.82, 2.24) is 5.16 Å². The molecule has 0 saturated heterocycles. The van der Waals surface area contributed by atoms with E-state index in [1.165, 1.54) is 18.2 Å². The van der Waals surface area contributed by atoms with Crippen molar-refractivity contribution in [3.63, 3.8) is 0 Å². The number of rotatable bonds is 6. The number of anilines is 1. The van der Waals surface area contributed by atoms with Crippen LogP contribution in [0.4, 0.5) is 14.5 Å². The fourth-order valence-electron chi connectivity index (χ4n) is 3.41. The number of carbonyl (C=O) groups is 1. The Kier molecular flexibility index (Phi) is 4.30. The first-order valence-corrected chi connectivity index (χ1v) is 9.27. The summed E-state index contributed by atoms with van der Waals surface area (Å²) < 4.78 is 45.3. The SMILES string of the molecule is O=C(Nc1cccc(OC(F)F)c1)C1(c2cc(-c3ccc4c(c3)OCO4)on2)CC1. The van der Waals surface area contributed by atoms with Crippen LogP contribution in [0.25, 0.3) is 11.3 Å². The van der Waals surface area contributed by atoms with Gasteiger partial charge in [0.05, 0.1) is 11.1 Å². The summed E-state index contributed by atoms with van der Waals surface area (Å²) in [5.74, 6) is 1.49. The first-order chi connectivity index (χ1) is 14.5. The molecule has 0 radical (unpaired) electrons. The van der Waals surface area contributed by atoms with E-state index in [0.717, 1.165) is 5.56 Å². The van der Waals surface area contributed by atoms with Gasteiger partial charge < -0.3 is 24.1 Å². The van der Waals surface area contributed by atoms with Crippen LogP contribution in [0.2, 0.25) is 0 Å². The van der Waals surface area contributed by atoms with Crippen molar-refractivity contribution in [1.29, 1.82) is 0 Å². The summed E-state index contributed by atoms with van der Waals surface area (Å²) in [6.07, 6.45) is 1.22. The Bertz CT molecular complexity index is 1110. The third-order valence-electron chi connectivity index (χ3n) is 5.16. The summed E-state index contributed by atoms with van der Waals surface area (Å²) in [4.78, 5) is 12.9. The molecule has 0 bridgehead atoms. The quantitative estimate of drug-likeness (QED) is 0.646. The molecule has 9 heteroatoms. The average molecular weight is 414 g/mol. The maximum atomic E-state index is 12.9. The van der Waals surface area contributed by atoms with Gasteiger partial charge in [-0.05, 0) is 43.2 Å². The molecule has 30 heavy (non-hydrogen) atoms. The lowest BCUT2D eigenvalue weighted by molar-refractivity contribution is -0.118. The van der Waals surface area contributed by atoms with E-state index in [1.807, 2.05) is 6.07 Å². The van der Waals surface area contributed by atoms with Gasteiger partial charge >= 0.3 is 6.61 Å². The molecule has 2 heterocycles. The molecule has 0 unspecified atom stereocenters. The second-order valence-electron chi connectivity index (χ2n) is 7.09. The highest BCUT2D eigenvalue weighted by molar-refractivity contribution is 6.01. The Morgan fingerprint density at radius 2 is 1.93 bits per heavy atom. The van der Waals surface area contributed by atoms with Gasteiger partial charge in [-0.15, -0.1) is 0 Å². The minimum Gasteiger partial charge on any atom is -0.454 e. The van der Waals surface area contributed by atoms with E-state index in [0.29, 0.717) is 41.5 Å². The van der Waals surface area contributed by atoms with E-state index in [9.17, 15) is 13.6 Å². The van der Waals surface area contributed by atoms with Gasteiger partial charge in [0.25, 0.3) is 0 Å². The molecule has 0 atom stereocenters. The number of nitrogens with zero attached hydrogens (tertiary/aromatic N) is 1. The fraction of sp³-hybridized carbons (Fsp3) is 0.238. The van der Waals surface area contributed by atoms with Crippen LogP contribution >= 0.6 is 0 Å². The first-order valence-electron chi connectivity index (χ1n) is 9.27. The Morgan fingerprint density at radius 1 is 1.10 bits per heavy atom. The number of amides is 1. The van der Waals surface area contributed by atoms with E-state index in [4.69, 9.17) is 14.0 Å². The number of aromatic nitrogens is 1. The summed E-state index contributed by atoms with van der Waals surface area (Å²) >= 11 is 0. The highest BCUT2D eigenvalue weighted by atomic mass is 19.3. The molecular weight excluding hydrogens is 398 g/mol. The largest absolute Gasteiger partial charge is 0.454 e. The van der Waals surface area contributed by atoms with Crippen LogP contribution in [-0.2, 0) is 10.2 Å². The van der Waals surface area contributed by atoms with Crippen LogP contribution in [0.3, 0.4) is 0 Å². The molecule has 1 aliphatic carbocycles. The number of alkyl halides is 2. The van der Waals surface area contributed by atoms with E-state index in [-0.39, 0.29) is 18.4 Å². The predicted molar refractivity (Wildman–Crippen MR) is 101 cm³/mol. The van der Waals surface area contributed by atoms with Gasteiger partial charge in [-0.25, -0.2) is 0 Å². The molecular formula is C21H16F2N2O5. The van der Waals surface area contributed by atoms with Crippen LogP contribution in [0.15, 0.2) is 53.1 Å². The number of carbonyl (C=O) groups excluding carboxylic acids is 1. The summed E-state index contributed by atoms with van der Waals surface area (Å²) in [6, 6.07) is 13.0. The van der Waals surface area contributed by atoms with Crippen LogP contribution in [0.5, 0.6) is 17.2 Å². The molecule has 5 rings (SSSR count). The molecule has 154 valence electrons. The summed E-state index contributed by atoms with van der Waals surface area (Å²) in [5, 5.41) is 6.87. The number of fused-ring (bicyclic) bond motifs is 1. The third-order valence-corrected chi connectivity index (χ3v) is 5.16. The van der Waals surface area contributed by atoms with Crippen molar-refractivity contribution in [2.24, 2.45) is 0 Å². The number of hydrogen-bond donors (Lipinski definition) is 1. The molecule has 7 nitrogen and oxygen atoms in total. The van der Waals surface area contributed by atoms with E-state index >= 15 is 0 Å². The second kappa shape index (κ2) is 7.01. The minimum absolute atomic E-state index is 0.0285. The summed E-state index contributed by atoms with van der Waals surface area (Å²) in [5.41, 5.74) is 0.833. The van der Waals surface area contributed by atoms with Gasteiger partial charge in [-0.2, -0.15) is 8.78 Å². The zero-order chi connectivity index (χ0) is 20.7. The van der Waals surface area contributed by atoms with E-state index in [1.54, 1.807) is 24.3 Å². The summed E-state index contributed by atoms with van der Waals surface area (Å²) in [7, 11) is 0. The number of ether oxygens (including phenoxy) is 3. The van der Waals surface area contributed by atoms with Crippen LogP contribution in [0.1, 0.15) is 18.5 Å². The molecule has 1 saturated carbocycles. The zero-order valence-electron chi connectivity index (χ0n) is 15.6. The number of nitrogens with one attached hydrogen (secondary N) is 1. The Balaban J connectivity index is 1.34. The highest BCUT2D eigenvalue weighted by Crippen LogP contribution is 2.49. The fourth-order valence-corrected chi connectivity index (χ4v) is 3.41. The normalized spacial score (nSPS) is 15.8.